The van der Waals surface area contributed by atoms with Crippen molar-refractivity contribution in [2.45, 2.75) is 31.8 Å². The summed E-state index contributed by atoms with van der Waals surface area (Å²) in [6.45, 7) is -0.0153. The number of hydrogen-bond donors (Lipinski definition) is 1. The summed E-state index contributed by atoms with van der Waals surface area (Å²) in [6, 6.07) is 10.4. The van der Waals surface area contributed by atoms with E-state index in [-0.39, 0.29) is 24.0 Å². The fourth-order valence-electron chi connectivity index (χ4n) is 3.51. The second-order valence-corrected chi connectivity index (χ2v) is 7.25. The summed E-state index contributed by atoms with van der Waals surface area (Å²) in [5.74, 6) is 0.761. The number of nitrogens with one attached hydrogen (secondary N) is 1. The minimum absolute atomic E-state index is 0.0153. The van der Waals surface area contributed by atoms with Crippen molar-refractivity contribution in [1.82, 2.24) is 19.5 Å². The van der Waals surface area contributed by atoms with Gasteiger partial charge in [0.1, 0.15) is 12.1 Å². The summed E-state index contributed by atoms with van der Waals surface area (Å²) in [4.78, 5) is 37.7. The van der Waals surface area contributed by atoms with Gasteiger partial charge in [0.2, 0.25) is 5.95 Å². The van der Waals surface area contributed by atoms with Crippen LogP contribution in [0.5, 0.6) is 5.75 Å². The van der Waals surface area contributed by atoms with Crippen molar-refractivity contribution in [1.29, 1.82) is 0 Å². The molecule has 8 nitrogen and oxygen atoms in total. The molecule has 30 heavy (non-hydrogen) atoms. The first kappa shape index (κ1) is 19.8. The van der Waals surface area contributed by atoms with Crippen molar-refractivity contribution in [2.75, 3.05) is 11.9 Å². The molecule has 0 amide bonds. The van der Waals surface area contributed by atoms with Gasteiger partial charge in [0.25, 0.3) is 5.56 Å². The van der Waals surface area contributed by atoms with E-state index in [0.717, 1.165) is 25.7 Å². The average molecular weight is 405 g/mol. The van der Waals surface area contributed by atoms with Gasteiger partial charge in [0.05, 0.1) is 29.6 Å². The van der Waals surface area contributed by atoms with Crippen molar-refractivity contribution in [3.63, 3.8) is 0 Å². The number of ether oxygens (including phenoxy) is 1. The Morgan fingerprint density at radius 1 is 1.20 bits per heavy atom. The number of ketones is 1. The molecule has 1 N–H and O–H groups in total. The van der Waals surface area contributed by atoms with Gasteiger partial charge in [-0.15, -0.1) is 0 Å². The van der Waals surface area contributed by atoms with Gasteiger partial charge in [-0.3, -0.25) is 14.2 Å². The van der Waals surface area contributed by atoms with Crippen molar-refractivity contribution in [3.05, 3.63) is 64.8 Å². The molecule has 0 saturated heterocycles. The fraction of sp³-hybridized carbons (Fsp3) is 0.318. The minimum Gasteiger partial charge on any atom is -0.490 e. The number of benzene rings is 1. The molecule has 1 fully saturated rings. The van der Waals surface area contributed by atoms with Gasteiger partial charge in [0.15, 0.2) is 5.78 Å². The molecule has 154 valence electrons. The lowest BCUT2D eigenvalue weighted by Gasteiger charge is -2.16. The molecule has 0 radical (unpaired) electrons. The largest absolute Gasteiger partial charge is 0.490 e. The van der Waals surface area contributed by atoms with Gasteiger partial charge >= 0.3 is 0 Å². The molecule has 2 aromatic heterocycles. The number of anilines is 1. The third-order valence-corrected chi connectivity index (χ3v) is 5.17. The molecule has 0 atom stereocenters. The Bertz CT molecular complexity index is 1090. The standard InChI is InChI=1S/C22H23N5O3/c1-27-21(29)12-18(17-10-11-23-14-25-17)26-22(27)24-13-19(28)16-8-4-5-9-20(16)30-15-6-2-3-7-15/h4-5,8-12,14-15H,2-3,6-7,13H2,1H3,(H,24,26). The highest BCUT2D eigenvalue weighted by molar-refractivity contribution is 6.01. The first-order valence-corrected chi connectivity index (χ1v) is 9.99. The Hall–Kier alpha value is -3.55. The van der Waals surface area contributed by atoms with Gasteiger partial charge in [-0.1, -0.05) is 12.1 Å². The Morgan fingerprint density at radius 2 is 2.00 bits per heavy atom. The monoisotopic (exact) mass is 405 g/mol. The first-order valence-electron chi connectivity index (χ1n) is 9.99. The van der Waals surface area contributed by atoms with Crippen LogP contribution in [0.25, 0.3) is 11.4 Å². The van der Waals surface area contributed by atoms with Crippen LogP contribution >= 0.6 is 0 Å². The van der Waals surface area contributed by atoms with E-state index < -0.39 is 0 Å². The van der Waals surface area contributed by atoms with Crippen LogP contribution < -0.4 is 15.6 Å². The molecular formula is C22H23N5O3. The number of rotatable bonds is 7. The summed E-state index contributed by atoms with van der Waals surface area (Å²) >= 11 is 0. The molecule has 1 aliphatic rings. The van der Waals surface area contributed by atoms with Gasteiger partial charge in [-0.05, 0) is 43.9 Å². The SMILES string of the molecule is Cn1c(NCC(=O)c2ccccc2OC2CCCC2)nc(-c2ccncn2)cc1=O. The Labute approximate surface area is 174 Å². The molecule has 4 rings (SSSR count). The third-order valence-electron chi connectivity index (χ3n) is 5.17. The normalized spacial score (nSPS) is 13.9. The lowest BCUT2D eigenvalue weighted by molar-refractivity contribution is 0.0998. The number of carbonyl (C=O) groups excluding carboxylic acids is 1. The molecule has 0 aliphatic heterocycles. The zero-order valence-corrected chi connectivity index (χ0v) is 16.7. The summed E-state index contributed by atoms with van der Waals surface area (Å²) in [7, 11) is 1.60. The summed E-state index contributed by atoms with van der Waals surface area (Å²) in [5, 5.41) is 2.99. The van der Waals surface area contributed by atoms with Gasteiger partial charge in [-0.2, -0.15) is 0 Å². The van der Waals surface area contributed by atoms with E-state index in [2.05, 4.69) is 20.3 Å². The van der Waals surface area contributed by atoms with Crippen molar-refractivity contribution < 1.29 is 9.53 Å². The van der Waals surface area contributed by atoms with Crippen LogP contribution in [-0.4, -0.2) is 38.0 Å². The Balaban J connectivity index is 1.52. The predicted molar refractivity (Wildman–Crippen MR) is 113 cm³/mol. The third kappa shape index (κ3) is 4.37. The van der Waals surface area contributed by atoms with Crippen LogP contribution in [0.15, 0.2) is 53.7 Å². The van der Waals surface area contributed by atoms with Crippen LogP contribution in [0.3, 0.4) is 0 Å². The second-order valence-electron chi connectivity index (χ2n) is 7.25. The average Bonchev–Trinajstić information content (AvgIpc) is 3.28. The molecule has 3 aromatic rings. The zero-order valence-electron chi connectivity index (χ0n) is 16.7. The van der Waals surface area contributed by atoms with Crippen LogP contribution in [0.2, 0.25) is 0 Å². The van der Waals surface area contributed by atoms with E-state index in [4.69, 9.17) is 4.74 Å². The van der Waals surface area contributed by atoms with Gasteiger partial charge in [0, 0.05) is 19.3 Å². The lowest BCUT2D eigenvalue weighted by atomic mass is 10.1. The maximum Gasteiger partial charge on any atom is 0.255 e. The van der Waals surface area contributed by atoms with Crippen LogP contribution in [-0.2, 0) is 7.05 Å². The van der Waals surface area contributed by atoms with Crippen molar-refractivity contribution in [2.24, 2.45) is 7.05 Å². The highest BCUT2D eigenvalue weighted by atomic mass is 16.5. The Kier molecular flexibility index (Phi) is 5.83. The molecule has 1 saturated carbocycles. The van der Waals surface area contributed by atoms with Crippen molar-refractivity contribution >= 4 is 11.7 Å². The highest BCUT2D eigenvalue weighted by Gasteiger charge is 2.20. The van der Waals surface area contributed by atoms with E-state index >= 15 is 0 Å². The quantitative estimate of drug-likeness (QED) is 0.604. The fourth-order valence-corrected chi connectivity index (χ4v) is 3.51. The van der Waals surface area contributed by atoms with E-state index in [9.17, 15) is 9.59 Å². The summed E-state index contributed by atoms with van der Waals surface area (Å²) in [5.41, 5.74) is 1.22. The number of para-hydroxylation sites is 1. The molecule has 2 heterocycles. The number of carbonyl (C=O) groups is 1. The smallest absolute Gasteiger partial charge is 0.255 e. The van der Waals surface area contributed by atoms with Gasteiger partial charge in [-0.25, -0.2) is 15.0 Å². The van der Waals surface area contributed by atoms with Gasteiger partial charge < -0.3 is 10.1 Å². The van der Waals surface area contributed by atoms with Crippen LogP contribution in [0, 0.1) is 0 Å². The first-order chi connectivity index (χ1) is 14.6. The molecule has 1 aliphatic carbocycles. The van der Waals surface area contributed by atoms with E-state index in [0.29, 0.717) is 28.6 Å². The van der Waals surface area contributed by atoms with E-state index in [1.165, 1.54) is 17.0 Å². The molecule has 0 bridgehead atoms. The summed E-state index contributed by atoms with van der Waals surface area (Å²) < 4.78 is 7.43. The van der Waals surface area contributed by atoms with Crippen molar-refractivity contribution in [3.8, 4) is 17.1 Å². The number of Topliss-reactive ketones (excluding diaryl/α,β-unsaturated/α-hetero) is 1. The molecule has 8 heteroatoms. The summed E-state index contributed by atoms with van der Waals surface area (Å²) in [6.07, 6.45) is 7.49. The van der Waals surface area contributed by atoms with E-state index in [1.807, 2.05) is 18.2 Å². The van der Waals surface area contributed by atoms with Crippen LogP contribution in [0.4, 0.5) is 5.95 Å². The van der Waals surface area contributed by atoms with Crippen LogP contribution in [0.1, 0.15) is 36.0 Å². The zero-order chi connectivity index (χ0) is 20.9. The number of nitrogens with zero attached hydrogens (tertiary/aromatic N) is 4. The molecule has 1 aromatic carbocycles. The highest BCUT2D eigenvalue weighted by Crippen LogP contribution is 2.27. The molecule has 0 unspecified atom stereocenters. The number of hydrogen-bond acceptors (Lipinski definition) is 7. The molecular weight excluding hydrogens is 382 g/mol. The Morgan fingerprint density at radius 3 is 2.77 bits per heavy atom. The second kappa shape index (κ2) is 8.86. The van der Waals surface area contributed by atoms with E-state index in [1.54, 1.807) is 25.4 Å². The predicted octanol–water partition coefficient (Wildman–Crippen LogP) is 2.85. The minimum atomic E-state index is -0.251. The topological polar surface area (TPSA) is 99.0 Å². The number of aromatic nitrogens is 4. The maximum absolute atomic E-state index is 12.9. The molecule has 0 spiro atoms. The lowest BCUT2D eigenvalue weighted by Crippen LogP contribution is -2.25. The maximum atomic E-state index is 12.9.